The van der Waals surface area contributed by atoms with E-state index in [1.54, 1.807) is 30.3 Å². The second-order valence-corrected chi connectivity index (χ2v) is 3.81. The minimum Gasteiger partial charge on any atom is -0.258 e. The molecule has 0 saturated carbocycles. The van der Waals surface area contributed by atoms with E-state index in [2.05, 4.69) is 6.07 Å². The van der Waals surface area contributed by atoms with Crippen LogP contribution in [0, 0.1) is 21.4 Å². The summed E-state index contributed by atoms with van der Waals surface area (Å²) in [5.74, 6) is 0. The molecule has 18 heavy (non-hydrogen) atoms. The lowest BCUT2D eigenvalue weighted by atomic mass is 10.0. The van der Waals surface area contributed by atoms with Crippen LogP contribution in [0.1, 0.15) is 5.56 Å². The number of nitro groups is 1. The van der Waals surface area contributed by atoms with Gasteiger partial charge in [0.1, 0.15) is 0 Å². The largest absolute Gasteiger partial charge is 0.277 e. The Balaban J connectivity index is 2.43. The number of nitriles is 1. The molecule has 0 spiro atoms. The van der Waals surface area contributed by atoms with Gasteiger partial charge in [0.05, 0.1) is 23.0 Å². The van der Waals surface area contributed by atoms with Crippen LogP contribution in [-0.2, 0) is 6.42 Å². The third kappa shape index (κ3) is 2.36. The Kier molecular flexibility index (Phi) is 3.35. The molecule has 0 saturated heterocycles. The highest BCUT2D eigenvalue weighted by Crippen LogP contribution is 2.29. The summed E-state index contributed by atoms with van der Waals surface area (Å²) in [7, 11) is 0. The van der Waals surface area contributed by atoms with Crippen LogP contribution in [0.2, 0.25) is 0 Å². The predicted octanol–water partition coefficient (Wildman–Crippen LogP) is 3.33. The maximum absolute atomic E-state index is 10.9. The molecule has 0 bridgehead atoms. The first-order valence-corrected chi connectivity index (χ1v) is 5.42. The number of hydrogen-bond donors (Lipinski definition) is 0. The maximum Gasteiger partial charge on any atom is 0.277 e. The quantitative estimate of drug-likeness (QED) is 0.608. The van der Waals surface area contributed by atoms with Crippen molar-refractivity contribution in [1.29, 1.82) is 5.26 Å². The fourth-order valence-corrected chi connectivity index (χ4v) is 1.77. The number of rotatable bonds is 3. The molecule has 4 nitrogen and oxygen atoms in total. The predicted molar refractivity (Wildman–Crippen MR) is 67.8 cm³/mol. The van der Waals surface area contributed by atoms with Crippen LogP contribution in [0.25, 0.3) is 11.1 Å². The molecule has 2 aromatic carbocycles. The SMILES string of the molecule is N#CCc1ccc(-c2ccccc2[N+](=O)[O-])cc1. The smallest absolute Gasteiger partial charge is 0.258 e. The van der Waals surface area contributed by atoms with Crippen molar-refractivity contribution in [1.82, 2.24) is 0 Å². The Hall–Kier alpha value is -2.67. The molecule has 4 heteroatoms. The molecule has 0 heterocycles. The van der Waals surface area contributed by atoms with E-state index in [4.69, 9.17) is 5.26 Å². The Morgan fingerprint density at radius 3 is 2.39 bits per heavy atom. The summed E-state index contributed by atoms with van der Waals surface area (Å²) in [4.78, 5) is 10.5. The molecule has 2 aromatic rings. The standard InChI is InChI=1S/C14H10N2O2/c15-10-9-11-5-7-12(8-6-11)13-3-1-2-4-14(13)16(17)18/h1-8H,9H2. The Labute approximate surface area is 104 Å². The van der Waals surface area contributed by atoms with Gasteiger partial charge in [0, 0.05) is 6.07 Å². The maximum atomic E-state index is 10.9. The fraction of sp³-hybridized carbons (Fsp3) is 0.0714. The van der Waals surface area contributed by atoms with Gasteiger partial charge >= 0.3 is 0 Å². The van der Waals surface area contributed by atoms with Gasteiger partial charge in [-0.15, -0.1) is 0 Å². The average Bonchev–Trinajstić information content (AvgIpc) is 2.40. The third-order valence-corrected chi connectivity index (χ3v) is 2.65. The van der Waals surface area contributed by atoms with Crippen molar-refractivity contribution >= 4 is 5.69 Å². The number of hydrogen-bond acceptors (Lipinski definition) is 3. The number of nitro benzene ring substituents is 1. The van der Waals surface area contributed by atoms with E-state index in [0.29, 0.717) is 12.0 Å². The first kappa shape index (κ1) is 11.8. The lowest BCUT2D eigenvalue weighted by Gasteiger charge is -2.03. The Bertz CT molecular complexity index is 612. The van der Waals surface area contributed by atoms with E-state index in [0.717, 1.165) is 11.1 Å². The summed E-state index contributed by atoms with van der Waals surface area (Å²) in [6, 6.07) is 15.9. The number of benzene rings is 2. The second-order valence-electron chi connectivity index (χ2n) is 3.81. The minimum atomic E-state index is -0.390. The van der Waals surface area contributed by atoms with Crippen molar-refractivity contribution in [3.63, 3.8) is 0 Å². The van der Waals surface area contributed by atoms with E-state index in [-0.39, 0.29) is 5.69 Å². The van der Waals surface area contributed by atoms with Crippen molar-refractivity contribution < 1.29 is 4.92 Å². The van der Waals surface area contributed by atoms with Gasteiger partial charge in [0.25, 0.3) is 5.69 Å². The molecule has 0 aliphatic rings. The van der Waals surface area contributed by atoms with E-state index in [9.17, 15) is 10.1 Å². The summed E-state index contributed by atoms with van der Waals surface area (Å²) in [5, 5.41) is 19.5. The van der Waals surface area contributed by atoms with E-state index >= 15 is 0 Å². The van der Waals surface area contributed by atoms with Crippen LogP contribution in [0.5, 0.6) is 0 Å². The van der Waals surface area contributed by atoms with Gasteiger partial charge in [0.15, 0.2) is 0 Å². The molecule has 0 unspecified atom stereocenters. The van der Waals surface area contributed by atoms with Crippen LogP contribution in [0.3, 0.4) is 0 Å². The summed E-state index contributed by atoms with van der Waals surface area (Å²) < 4.78 is 0. The van der Waals surface area contributed by atoms with Crippen LogP contribution >= 0.6 is 0 Å². The van der Waals surface area contributed by atoms with Gasteiger partial charge < -0.3 is 0 Å². The minimum absolute atomic E-state index is 0.0885. The molecule has 0 N–H and O–H groups in total. The van der Waals surface area contributed by atoms with Gasteiger partial charge in [-0.2, -0.15) is 5.26 Å². The van der Waals surface area contributed by atoms with E-state index in [1.165, 1.54) is 6.07 Å². The highest BCUT2D eigenvalue weighted by Gasteiger charge is 2.13. The summed E-state index contributed by atoms with van der Waals surface area (Å²) in [6.07, 6.45) is 0.344. The molecule has 0 aliphatic heterocycles. The van der Waals surface area contributed by atoms with Crippen molar-refractivity contribution in [2.24, 2.45) is 0 Å². The van der Waals surface area contributed by atoms with Crippen molar-refractivity contribution in [2.75, 3.05) is 0 Å². The lowest BCUT2D eigenvalue weighted by molar-refractivity contribution is -0.384. The Morgan fingerprint density at radius 1 is 1.11 bits per heavy atom. The summed E-state index contributed by atoms with van der Waals surface area (Å²) in [6.45, 7) is 0. The topological polar surface area (TPSA) is 66.9 Å². The number of para-hydroxylation sites is 1. The fourth-order valence-electron chi connectivity index (χ4n) is 1.77. The van der Waals surface area contributed by atoms with Crippen molar-refractivity contribution in [2.45, 2.75) is 6.42 Å². The van der Waals surface area contributed by atoms with E-state index < -0.39 is 4.92 Å². The zero-order valence-corrected chi connectivity index (χ0v) is 9.54. The van der Waals surface area contributed by atoms with Crippen LogP contribution in [0.15, 0.2) is 48.5 Å². The molecule has 0 aliphatic carbocycles. The Morgan fingerprint density at radius 2 is 1.78 bits per heavy atom. The van der Waals surface area contributed by atoms with Gasteiger partial charge in [0.2, 0.25) is 0 Å². The molecular weight excluding hydrogens is 228 g/mol. The first-order valence-electron chi connectivity index (χ1n) is 5.42. The van der Waals surface area contributed by atoms with Gasteiger partial charge in [-0.3, -0.25) is 10.1 Å². The van der Waals surface area contributed by atoms with Crippen molar-refractivity contribution in [3.05, 3.63) is 64.2 Å². The molecule has 2 rings (SSSR count). The summed E-state index contributed by atoms with van der Waals surface area (Å²) in [5.41, 5.74) is 2.36. The zero-order chi connectivity index (χ0) is 13.0. The monoisotopic (exact) mass is 238 g/mol. The van der Waals surface area contributed by atoms with Crippen molar-refractivity contribution in [3.8, 4) is 17.2 Å². The zero-order valence-electron chi connectivity index (χ0n) is 9.54. The number of nitrogens with zero attached hydrogens (tertiary/aromatic N) is 2. The normalized spacial score (nSPS) is 9.72. The summed E-state index contributed by atoms with van der Waals surface area (Å²) >= 11 is 0. The molecule has 0 fully saturated rings. The highest BCUT2D eigenvalue weighted by atomic mass is 16.6. The molecule has 88 valence electrons. The molecule has 0 radical (unpaired) electrons. The molecule has 0 aromatic heterocycles. The first-order chi connectivity index (χ1) is 8.72. The highest BCUT2D eigenvalue weighted by molar-refractivity contribution is 5.73. The second kappa shape index (κ2) is 5.11. The molecular formula is C14H10N2O2. The van der Waals surface area contributed by atoms with E-state index in [1.807, 2.05) is 12.1 Å². The van der Waals surface area contributed by atoms with Crippen LogP contribution < -0.4 is 0 Å². The van der Waals surface area contributed by atoms with Gasteiger partial charge in [-0.1, -0.05) is 36.4 Å². The van der Waals surface area contributed by atoms with Gasteiger partial charge in [-0.25, -0.2) is 0 Å². The van der Waals surface area contributed by atoms with Gasteiger partial charge in [-0.05, 0) is 17.2 Å². The molecule has 0 amide bonds. The lowest BCUT2D eigenvalue weighted by Crippen LogP contribution is -1.91. The van der Waals surface area contributed by atoms with Crippen LogP contribution in [0.4, 0.5) is 5.69 Å². The third-order valence-electron chi connectivity index (χ3n) is 2.65. The average molecular weight is 238 g/mol. The van der Waals surface area contributed by atoms with Crippen LogP contribution in [-0.4, -0.2) is 4.92 Å². The molecule has 0 atom stereocenters.